The predicted octanol–water partition coefficient (Wildman–Crippen LogP) is 3.45. The molecular weight excluding hydrogens is 408 g/mol. The molecule has 0 spiro atoms. The van der Waals surface area contributed by atoms with Gasteiger partial charge in [0.2, 0.25) is 0 Å². The van der Waals surface area contributed by atoms with Gasteiger partial charge in [-0.1, -0.05) is 11.8 Å². The van der Waals surface area contributed by atoms with E-state index in [1.165, 1.54) is 12.1 Å². The van der Waals surface area contributed by atoms with Crippen molar-refractivity contribution in [2.45, 2.75) is 25.0 Å². The molecule has 1 aromatic carbocycles. The summed E-state index contributed by atoms with van der Waals surface area (Å²) in [6.07, 6.45) is 0. The fourth-order valence-electron chi connectivity index (χ4n) is 1.82. The molecule has 0 aliphatic carbocycles. The Bertz CT molecular complexity index is 675. The van der Waals surface area contributed by atoms with Crippen molar-refractivity contribution < 1.29 is 14.3 Å². The number of hydrogen-bond donors (Lipinski definition) is 1. The standard InChI is InChI=1S/C13H13FIN3O2S/c1-7(2)18-12(9-4-3-8(14)5-10(9)15)16-17-13(18)21-6-11(19)20/h3-5,7H,6H2,1-2H3,(H,19,20). The lowest BCUT2D eigenvalue weighted by atomic mass is 10.2. The van der Waals surface area contributed by atoms with E-state index >= 15 is 0 Å². The Morgan fingerprint density at radius 1 is 1.48 bits per heavy atom. The molecule has 0 radical (unpaired) electrons. The quantitative estimate of drug-likeness (QED) is 0.592. The van der Waals surface area contributed by atoms with E-state index in [1.54, 1.807) is 6.07 Å². The molecule has 0 saturated carbocycles. The topological polar surface area (TPSA) is 68.0 Å². The van der Waals surface area contributed by atoms with Gasteiger partial charge in [-0.3, -0.25) is 9.36 Å². The van der Waals surface area contributed by atoms with Crippen molar-refractivity contribution in [2.24, 2.45) is 0 Å². The zero-order valence-electron chi connectivity index (χ0n) is 11.4. The van der Waals surface area contributed by atoms with Gasteiger partial charge in [-0.05, 0) is 54.6 Å². The van der Waals surface area contributed by atoms with Gasteiger partial charge < -0.3 is 5.11 Å². The lowest BCUT2D eigenvalue weighted by molar-refractivity contribution is -0.133. The van der Waals surface area contributed by atoms with Crippen LogP contribution in [-0.2, 0) is 4.79 Å². The van der Waals surface area contributed by atoms with E-state index in [9.17, 15) is 9.18 Å². The second-order valence-corrected chi connectivity index (χ2v) is 6.68. The van der Waals surface area contributed by atoms with Gasteiger partial charge in [0, 0.05) is 15.2 Å². The second-order valence-electron chi connectivity index (χ2n) is 4.58. The monoisotopic (exact) mass is 421 g/mol. The minimum atomic E-state index is -0.906. The number of hydrogen-bond acceptors (Lipinski definition) is 4. The van der Waals surface area contributed by atoms with Gasteiger partial charge in [-0.15, -0.1) is 10.2 Å². The van der Waals surface area contributed by atoms with E-state index in [1.807, 2.05) is 41.0 Å². The number of aromatic nitrogens is 3. The maximum absolute atomic E-state index is 13.2. The molecule has 2 aromatic rings. The van der Waals surface area contributed by atoms with Crippen molar-refractivity contribution in [3.8, 4) is 11.4 Å². The third-order valence-corrected chi connectivity index (χ3v) is 4.50. The van der Waals surface area contributed by atoms with E-state index in [4.69, 9.17) is 5.11 Å². The molecule has 5 nitrogen and oxygen atoms in total. The third-order valence-electron chi connectivity index (χ3n) is 2.68. The summed E-state index contributed by atoms with van der Waals surface area (Å²) in [5.41, 5.74) is 0.778. The molecular formula is C13H13FIN3O2S. The normalized spacial score (nSPS) is 11.1. The minimum Gasteiger partial charge on any atom is -0.481 e. The first kappa shape index (κ1) is 16.2. The predicted molar refractivity (Wildman–Crippen MR) is 86.9 cm³/mol. The summed E-state index contributed by atoms with van der Waals surface area (Å²) in [4.78, 5) is 10.7. The van der Waals surface area contributed by atoms with Gasteiger partial charge >= 0.3 is 5.97 Å². The first-order valence-electron chi connectivity index (χ1n) is 6.15. The van der Waals surface area contributed by atoms with Crippen LogP contribution in [0.25, 0.3) is 11.4 Å². The molecule has 0 bridgehead atoms. The molecule has 0 amide bonds. The summed E-state index contributed by atoms with van der Waals surface area (Å²) in [6.45, 7) is 3.93. The fourth-order valence-corrected chi connectivity index (χ4v) is 3.33. The molecule has 0 unspecified atom stereocenters. The Morgan fingerprint density at radius 3 is 2.76 bits per heavy atom. The fraction of sp³-hybridized carbons (Fsp3) is 0.308. The summed E-state index contributed by atoms with van der Waals surface area (Å²) in [5, 5.41) is 17.5. The Balaban J connectivity index is 2.46. The van der Waals surface area contributed by atoms with Crippen LogP contribution < -0.4 is 0 Å². The van der Waals surface area contributed by atoms with Gasteiger partial charge in [0.15, 0.2) is 11.0 Å². The van der Waals surface area contributed by atoms with Gasteiger partial charge in [0.25, 0.3) is 0 Å². The molecule has 1 aromatic heterocycles. The molecule has 0 saturated heterocycles. The number of carbonyl (C=O) groups is 1. The highest BCUT2D eigenvalue weighted by atomic mass is 127. The number of carboxylic acids is 1. The first-order chi connectivity index (χ1) is 9.90. The molecule has 0 aliphatic heterocycles. The van der Waals surface area contributed by atoms with Gasteiger partial charge in [-0.2, -0.15) is 0 Å². The average Bonchev–Trinajstić information content (AvgIpc) is 2.80. The van der Waals surface area contributed by atoms with Crippen LogP contribution in [0.15, 0.2) is 23.4 Å². The van der Waals surface area contributed by atoms with E-state index in [0.29, 0.717) is 11.0 Å². The molecule has 2 rings (SSSR count). The van der Waals surface area contributed by atoms with Crippen LogP contribution in [0.5, 0.6) is 0 Å². The van der Waals surface area contributed by atoms with Crippen molar-refractivity contribution in [2.75, 3.05) is 5.75 Å². The van der Waals surface area contributed by atoms with E-state index in [0.717, 1.165) is 20.9 Å². The number of nitrogens with zero attached hydrogens (tertiary/aromatic N) is 3. The summed E-state index contributed by atoms with van der Waals surface area (Å²) >= 11 is 3.17. The van der Waals surface area contributed by atoms with Crippen LogP contribution in [0.4, 0.5) is 4.39 Å². The summed E-state index contributed by atoms with van der Waals surface area (Å²) < 4.78 is 15.8. The number of carboxylic acid groups (broad SMARTS) is 1. The van der Waals surface area contributed by atoms with Crippen molar-refractivity contribution in [1.82, 2.24) is 14.8 Å². The SMILES string of the molecule is CC(C)n1c(SCC(=O)O)nnc1-c1ccc(F)cc1I. The molecule has 1 heterocycles. The van der Waals surface area contributed by atoms with E-state index in [-0.39, 0.29) is 17.6 Å². The lowest BCUT2D eigenvalue weighted by Crippen LogP contribution is -2.07. The number of benzene rings is 1. The van der Waals surface area contributed by atoms with Crippen LogP contribution in [0.2, 0.25) is 0 Å². The highest BCUT2D eigenvalue weighted by Gasteiger charge is 2.19. The summed E-state index contributed by atoms with van der Waals surface area (Å²) in [6, 6.07) is 4.53. The summed E-state index contributed by atoms with van der Waals surface area (Å²) in [7, 11) is 0. The van der Waals surface area contributed by atoms with Crippen molar-refractivity contribution in [3.63, 3.8) is 0 Å². The number of thioether (sulfide) groups is 1. The largest absolute Gasteiger partial charge is 0.481 e. The number of rotatable bonds is 5. The maximum Gasteiger partial charge on any atom is 0.313 e. The Hall–Kier alpha value is -1.16. The van der Waals surface area contributed by atoms with E-state index in [2.05, 4.69) is 10.2 Å². The van der Waals surface area contributed by atoms with Crippen LogP contribution in [-0.4, -0.2) is 31.6 Å². The second kappa shape index (κ2) is 6.73. The molecule has 21 heavy (non-hydrogen) atoms. The Morgan fingerprint density at radius 2 is 2.19 bits per heavy atom. The molecule has 0 atom stereocenters. The average molecular weight is 421 g/mol. The maximum atomic E-state index is 13.2. The highest BCUT2D eigenvalue weighted by Crippen LogP contribution is 2.30. The number of aliphatic carboxylic acids is 1. The number of halogens is 2. The highest BCUT2D eigenvalue weighted by molar-refractivity contribution is 14.1. The van der Waals surface area contributed by atoms with Crippen molar-refractivity contribution in [1.29, 1.82) is 0 Å². The van der Waals surface area contributed by atoms with Gasteiger partial charge in [0.1, 0.15) is 5.82 Å². The molecule has 0 fully saturated rings. The Kier molecular flexibility index (Phi) is 5.20. The molecule has 1 N–H and O–H groups in total. The third kappa shape index (κ3) is 3.73. The van der Waals surface area contributed by atoms with Crippen molar-refractivity contribution in [3.05, 3.63) is 27.6 Å². The van der Waals surface area contributed by atoms with Crippen molar-refractivity contribution >= 4 is 40.3 Å². The smallest absolute Gasteiger partial charge is 0.313 e. The zero-order valence-corrected chi connectivity index (χ0v) is 14.4. The lowest BCUT2D eigenvalue weighted by Gasteiger charge is -2.14. The molecule has 112 valence electrons. The van der Waals surface area contributed by atoms with Crippen LogP contribution in [0.3, 0.4) is 0 Å². The van der Waals surface area contributed by atoms with Gasteiger partial charge in [-0.25, -0.2) is 4.39 Å². The van der Waals surface area contributed by atoms with Crippen LogP contribution >= 0.6 is 34.4 Å². The van der Waals surface area contributed by atoms with Crippen LogP contribution in [0.1, 0.15) is 19.9 Å². The van der Waals surface area contributed by atoms with E-state index < -0.39 is 5.97 Å². The first-order valence-corrected chi connectivity index (χ1v) is 8.21. The minimum absolute atomic E-state index is 0.0622. The Labute approximate surface area is 139 Å². The zero-order chi connectivity index (χ0) is 15.6. The van der Waals surface area contributed by atoms with Crippen LogP contribution in [0, 0.1) is 9.39 Å². The molecule has 0 aliphatic rings. The summed E-state index contributed by atoms with van der Waals surface area (Å²) in [5.74, 6) is -0.677. The van der Waals surface area contributed by atoms with Gasteiger partial charge in [0.05, 0.1) is 5.75 Å². The molecule has 8 heteroatoms.